The van der Waals surface area contributed by atoms with Crippen LogP contribution in [0.1, 0.15) is 36.8 Å². The third-order valence-electron chi connectivity index (χ3n) is 5.88. The fourth-order valence-electron chi connectivity index (χ4n) is 3.97. The van der Waals surface area contributed by atoms with E-state index in [1.54, 1.807) is 11.0 Å². The quantitative estimate of drug-likeness (QED) is 0.162. The van der Waals surface area contributed by atoms with Crippen molar-refractivity contribution in [3.05, 3.63) is 95.8 Å². The fraction of sp³-hybridized carbons (Fsp3) is 0.385. The van der Waals surface area contributed by atoms with E-state index in [-0.39, 0.29) is 6.54 Å². The second kappa shape index (κ2) is 11.3. The molecular weight excluding hydrogens is 470 g/mol. The standard InChI is InChI=1S/C26H28F6N2O/c1-2-7-22(25(27,28)29)13-17-35-24(33-15-12-20-8-4-3-5-9-20)14-16-34(24)19-21-10-6-11-23(18-21)26(30,31)32/h2,4,6-11,13,17-18,33H,1,3,5,12,14-16,19H2/b17-13-,22-7+. The molecule has 35 heavy (non-hydrogen) atoms. The maximum Gasteiger partial charge on any atom is 0.416 e. The summed E-state index contributed by atoms with van der Waals surface area (Å²) in [4.78, 5) is 1.78. The number of benzene rings is 1. The number of hydrogen-bond acceptors (Lipinski definition) is 3. The average molecular weight is 499 g/mol. The minimum atomic E-state index is -4.58. The SMILES string of the molecule is C=C/C=C(\C=C/OC1(NCCC2=CCCC=C2)CCN1Cc1cccc(C(F)(F)F)c1)C(F)(F)F. The molecule has 0 bridgehead atoms. The molecule has 9 heteroatoms. The molecule has 3 nitrogen and oxygen atoms in total. The highest BCUT2D eigenvalue weighted by Gasteiger charge is 2.46. The zero-order chi connectivity index (χ0) is 25.5. The molecule has 1 aromatic rings. The van der Waals surface area contributed by atoms with Gasteiger partial charge in [-0.2, -0.15) is 26.3 Å². The normalized spacial score (nSPS) is 21.7. The van der Waals surface area contributed by atoms with Gasteiger partial charge < -0.3 is 4.74 Å². The molecular formula is C26H28F6N2O. The molecule has 1 fully saturated rings. The Balaban J connectivity index is 1.76. The van der Waals surface area contributed by atoms with Gasteiger partial charge in [-0.1, -0.05) is 60.7 Å². The first kappa shape index (κ1) is 26.8. The summed E-state index contributed by atoms with van der Waals surface area (Å²) in [6, 6.07) is 5.00. The summed E-state index contributed by atoms with van der Waals surface area (Å²) in [6.07, 6.45) is 3.96. The molecule has 0 spiro atoms. The summed E-state index contributed by atoms with van der Waals surface area (Å²) in [6.45, 7) is 4.44. The predicted molar refractivity (Wildman–Crippen MR) is 123 cm³/mol. The Labute approximate surface area is 201 Å². The van der Waals surface area contributed by atoms with E-state index in [0.29, 0.717) is 31.5 Å². The number of allylic oxidation sites excluding steroid dienone is 7. The maximum absolute atomic E-state index is 13.2. The lowest BCUT2D eigenvalue weighted by atomic mass is 10.0. The van der Waals surface area contributed by atoms with Crippen molar-refractivity contribution in [2.75, 3.05) is 13.1 Å². The van der Waals surface area contributed by atoms with E-state index in [1.807, 2.05) is 6.08 Å². The van der Waals surface area contributed by atoms with Crippen molar-refractivity contribution in [2.45, 2.75) is 50.4 Å². The van der Waals surface area contributed by atoms with Crippen LogP contribution in [0.15, 0.2) is 84.7 Å². The lowest BCUT2D eigenvalue weighted by Crippen LogP contribution is -2.68. The first-order valence-corrected chi connectivity index (χ1v) is 11.3. The van der Waals surface area contributed by atoms with Crippen LogP contribution in [0, 0.1) is 0 Å². The van der Waals surface area contributed by atoms with Crippen molar-refractivity contribution in [3.63, 3.8) is 0 Å². The average Bonchev–Trinajstić information content (AvgIpc) is 2.80. The van der Waals surface area contributed by atoms with E-state index in [1.165, 1.54) is 6.07 Å². The zero-order valence-corrected chi connectivity index (χ0v) is 19.1. The first-order valence-electron chi connectivity index (χ1n) is 11.3. The third kappa shape index (κ3) is 7.35. The number of nitrogens with zero attached hydrogens (tertiary/aromatic N) is 1. The fourth-order valence-corrected chi connectivity index (χ4v) is 3.97. The van der Waals surface area contributed by atoms with Crippen LogP contribution in [0.3, 0.4) is 0 Å². The molecule has 2 aliphatic rings. The number of ether oxygens (including phenoxy) is 1. The number of nitrogens with one attached hydrogen (secondary N) is 1. The topological polar surface area (TPSA) is 24.5 Å². The van der Waals surface area contributed by atoms with Crippen LogP contribution in [0.2, 0.25) is 0 Å². The van der Waals surface area contributed by atoms with Crippen LogP contribution in [0.5, 0.6) is 0 Å². The van der Waals surface area contributed by atoms with E-state index in [0.717, 1.165) is 55.0 Å². The molecule has 1 unspecified atom stereocenters. The van der Waals surface area contributed by atoms with Crippen LogP contribution in [0.25, 0.3) is 0 Å². The van der Waals surface area contributed by atoms with E-state index in [9.17, 15) is 26.3 Å². The molecule has 1 N–H and O–H groups in total. The van der Waals surface area contributed by atoms with Crippen LogP contribution >= 0.6 is 0 Å². The van der Waals surface area contributed by atoms with Crippen LogP contribution in [-0.4, -0.2) is 30.0 Å². The van der Waals surface area contributed by atoms with Crippen LogP contribution in [0.4, 0.5) is 26.3 Å². The third-order valence-corrected chi connectivity index (χ3v) is 5.88. The van der Waals surface area contributed by atoms with E-state index < -0.39 is 29.3 Å². The first-order chi connectivity index (χ1) is 16.5. The Morgan fingerprint density at radius 1 is 1.17 bits per heavy atom. The Morgan fingerprint density at radius 2 is 1.97 bits per heavy atom. The zero-order valence-electron chi connectivity index (χ0n) is 19.1. The number of rotatable bonds is 10. The summed E-state index contributed by atoms with van der Waals surface area (Å²) in [5.74, 6) is -1.13. The van der Waals surface area contributed by atoms with Crippen LogP contribution < -0.4 is 5.32 Å². The molecule has 0 saturated carbocycles. The molecule has 1 saturated heterocycles. The number of likely N-dealkylation sites (tertiary alicyclic amines) is 1. The molecule has 0 aromatic heterocycles. The molecule has 1 aromatic carbocycles. The van der Waals surface area contributed by atoms with Gasteiger partial charge in [-0.15, -0.1) is 0 Å². The van der Waals surface area contributed by atoms with Crippen molar-refractivity contribution in [1.82, 2.24) is 10.2 Å². The minimum absolute atomic E-state index is 0.141. The van der Waals surface area contributed by atoms with Crippen molar-refractivity contribution in [1.29, 1.82) is 0 Å². The molecule has 1 heterocycles. The van der Waals surface area contributed by atoms with Gasteiger partial charge >= 0.3 is 12.4 Å². The Bertz CT molecular complexity index is 1010. The number of alkyl halides is 6. The van der Waals surface area contributed by atoms with Gasteiger partial charge in [0.25, 0.3) is 0 Å². The van der Waals surface area contributed by atoms with Crippen molar-refractivity contribution in [3.8, 4) is 0 Å². The Hall–Kier alpha value is -2.78. The summed E-state index contributed by atoms with van der Waals surface area (Å²) >= 11 is 0. The van der Waals surface area contributed by atoms with Crippen molar-refractivity contribution in [2.24, 2.45) is 0 Å². The van der Waals surface area contributed by atoms with E-state index in [2.05, 4.69) is 24.0 Å². The highest BCUT2D eigenvalue weighted by atomic mass is 19.4. The minimum Gasteiger partial charge on any atom is -0.467 e. The van der Waals surface area contributed by atoms with E-state index in [4.69, 9.17) is 4.74 Å². The van der Waals surface area contributed by atoms with Gasteiger partial charge in [0, 0.05) is 26.1 Å². The van der Waals surface area contributed by atoms with Gasteiger partial charge in [0.05, 0.1) is 17.4 Å². The highest BCUT2D eigenvalue weighted by Crippen LogP contribution is 2.35. The number of halogens is 6. The van der Waals surface area contributed by atoms with Gasteiger partial charge in [-0.25, -0.2) is 4.90 Å². The largest absolute Gasteiger partial charge is 0.467 e. The van der Waals surface area contributed by atoms with E-state index >= 15 is 0 Å². The maximum atomic E-state index is 13.2. The molecule has 1 aliphatic heterocycles. The van der Waals surface area contributed by atoms with Crippen LogP contribution in [-0.2, 0) is 17.5 Å². The summed E-state index contributed by atoms with van der Waals surface area (Å²) < 4.78 is 84.7. The molecule has 0 amide bonds. The Kier molecular flexibility index (Phi) is 8.66. The monoisotopic (exact) mass is 498 g/mol. The molecule has 1 aliphatic carbocycles. The lowest BCUT2D eigenvalue weighted by molar-refractivity contribution is -0.212. The Morgan fingerprint density at radius 3 is 2.57 bits per heavy atom. The van der Waals surface area contributed by atoms with Crippen molar-refractivity contribution < 1.29 is 31.1 Å². The molecule has 3 rings (SSSR count). The lowest BCUT2D eigenvalue weighted by Gasteiger charge is -2.51. The van der Waals surface area contributed by atoms with Gasteiger partial charge in [0.1, 0.15) is 0 Å². The van der Waals surface area contributed by atoms with Gasteiger partial charge in [0.2, 0.25) is 5.85 Å². The smallest absolute Gasteiger partial charge is 0.416 e. The van der Waals surface area contributed by atoms with Gasteiger partial charge in [-0.3, -0.25) is 5.32 Å². The second-order valence-corrected chi connectivity index (χ2v) is 8.37. The highest BCUT2D eigenvalue weighted by molar-refractivity contribution is 5.28. The van der Waals surface area contributed by atoms with Gasteiger partial charge in [-0.05, 0) is 37.0 Å². The number of hydrogen-bond donors (Lipinski definition) is 1. The summed E-state index contributed by atoms with van der Waals surface area (Å²) in [7, 11) is 0. The second-order valence-electron chi connectivity index (χ2n) is 8.37. The van der Waals surface area contributed by atoms with Gasteiger partial charge in [0.15, 0.2) is 0 Å². The van der Waals surface area contributed by atoms with Crippen molar-refractivity contribution >= 4 is 0 Å². The molecule has 0 radical (unpaired) electrons. The molecule has 1 atom stereocenters. The summed E-state index contributed by atoms with van der Waals surface area (Å²) in [5.41, 5.74) is -0.107. The molecule has 190 valence electrons. The summed E-state index contributed by atoms with van der Waals surface area (Å²) in [5, 5.41) is 3.27. The predicted octanol–water partition coefficient (Wildman–Crippen LogP) is 7.03.